The van der Waals surface area contributed by atoms with Gasteiger partial charge in [0, 0.05) is 37.8 Å². The molecule has 0 aliphatic carbocycles. The van der Waals surface area contributed by atoms with Crippen molar-refractivity contribution in [1.82, 2.24) is 16.0 Å². The van der Waals surface area contributed by atoms with Gasteiger partial charge in [-0.05, 0) is 61.4 Å². The van der Waals surface area contributed by atoms with Gasteiger partial charge in [0.25, 0.3) is 5.91 Å². The smallest absolute Gasteiger partial charge is 0.251 e. The van der Waals surface area contributed by atoms with Gasteiger partial charge < -0.3 is 20.9 Å². The second kappa shape index (κ2) is 14.4. The van der Waals surface area contributed by atoms with Crippen LogP contribution in [0.15, 0.2) is 46.8 Å². The van der Waals surface area contributed by atoms with Crippen molar-refractivity contribution in [3.63, 3.8) is 0 Å². The number of benzene rings is 1. The number of halogens is 1. The zero-order chi connectivity index (χ0) is 21.9. The predicted molar refractivity (Wildman–Crippen MR) is 147 cm³/mol. The molecule has 32 heavy (non-hydrogen) atoms. The topological polar surface area (TPSA) is 68.8 Å². The minimum Gasteiger partial charge on any atom is -0.363 e. The first kappa shape index (κ1) is 26.4. The number of carbonyl (C=O) groups excluding carboxylic acids is 1. The molecule has 2 heterocycles. The first-order chi connectivity index (χ1) is 15.2. The van der Waals surface area contributed by atoms with Crippen LogP contribution < -0.4 is 20.9 Å². The molecule has 8 heteroatoms. The van der Waals surface area contributed by atoms with E-state index in [4.69, 9.17) is 4.99 Å². The lowest BCUT2D eigenvalue weighted by Crippen LogP contribution is -2.48. The number of nitrogens with one attached hydrogen (secondary N) is 3. The number of aliphatic imine (C=N–C) groups is 1. The number of hydrogen-bond acceptors (Lipinski definition) is 4. The van der Waals surface area contributed by atoms with Crippen LogP contribution in [0.3, 0.4) is 0 Å². The van der Waals surface area contributed by atoms with Crippen LogP contribution >= 0.6 is 35.3 Å². The summed E-state index contributed by atoms with van der Waals surface area (Å²) in [5.41, 5.74) is 1.79. The Kier molecular flexibility index (Phi) is 11.9. The van der Waals surface area contributed by atoms with E-state index in [9.17, 15) is 4.79 Å². The summed E-state index contributed by atoms with van der Waals surface area (Å²) in [7, 11) is 0. The summed E-state index contributed by atoms with van der Waals surface area (Å²) in [5.74, 6) is 0.853. The molecule has 0 radical (unpaired) electrons. The van der Waals surface area contributed by atoms with Crippen LogP contribution in [0.5, 0.6) is 0 Å². The third kappa shape index (κ3) is 8.27. The fourth-order valence-electron chi connectivity index (χ4n) is 3.62. The van der Waals surface area contributed by atoms with Crippen molar-refractivity contribution in [3.05, 3.63) is 52.9 Å². The fraction of sp³-hybridized carbons (Fsp3) is 0.500. The number of rotatable bonds is 9. The van der Waals surface area contributed by atoms with Gasteiger partial charge in [-0.25, -0.2) is 4.99 Å². The molecule has 0 bridgehead atoms. The number of unbranched alkanes of at least 4 members (excludes halogenated alkanes) is 1. The molecule has 1 aliphatic rings. The van der Waals surface area contributed by atoms with E-state index in [0.717, 1.165) is 63.4 Å². The summed E-state index contributed by atoms with van der Waals surface area (Å²) in [4.78, 5) is 19.4. The van der Waals surface area contributed by atoms with Gasteiger partial charge in [0.15, 0.2) is 5.96 Å². The maximum Gasteiger partial charge on any atom is 0.251 e. The first-order valence-corrected chi connectivity index (χ1v) is 12.3. The van der Waals surface area contributed by atoms with Crippen molar-refractivity contribution in [3.8, 4) is 0 Å². The van der Waals surface area contributed by atoms with Crippen LogP contribution in [0, 0.1) is 0 Å². The molecule has 0 unspecified atom stereocenters. The quantitative estimate of drug-likeness (QED) is 0.179. The monoisotopic (exact) mass is 569 g/mol. The zero-order valence-corrected chi connectivity index (χ0v) is 22.2. The van der Waals surface area contributed by atoms with E-state index in [1.165, 1.54) is 5.00 Å². The number of nitrogens with zero attached hydrogens (tertiary/aromatic N) is 2. The predicted octanol–water partition coefficient (Wildman–Crippen LogP) is 4.62. The molecule has 1 aliphatic heterocycles. The lowest BCUT2D eigenvalue weighted by molar-refractivity contribution is 0.0953. The van der Waals surface area contributed by atoms with Gasteiger partial charge in [0.1, 0.15) is 0 Å². The maximum atomic E-state index is 12.1. The summed E-state index contributed by atoms with van der Waals surface area (Å²) >= 11 is 1.81. The Balaban J connectivity index is 0.00000363. The molecule has 0 atom stereocenters. The normalized spacial score (nSPS) is 14.6. The van der Waals surface area contributed by atoms with Crippen molar-refractivity contribution in [2.24, 2.45) is 4.99 Å². The lowest BCUT2D eigenvalue weighted by Gasteiger charge is -2.33. The Morgan fingerprint density at radius 3 is 2.50 bits per heavy atom. The van der Waals surface area contributed by atoms with E-state index in [1.54, 1.807) is 0 Å². The third-order valence-corrected chi connectivity index (χ3v) is 6.38. The third-order valence-electron chi connectivity index (χ3n) is 5.45. The van der Waals surface area contributed by atoms with E-state index in [-0.39, 0.29) is 29.9 Å². The number of piperidine rings is 1. The van der Waals surface area contributed by atoms with Crippen LogP contribution in [0.1, 0.15) is 55.5 Å². The zero-order valence-electron chi connectivity index (χ0n) is 19.1. The van der Waals surface area contributed by atoms with Crippen molar-refractivity contribution < 1.29 is 4.79 Å². The molecule has 0 spiro atoms. The van der Waals surface area contributed by atoms with Crippen molar-refractivity contribution in [2.45, 2.75) is 52.1 Å². The SMILES string of the molecule is CCCCNC(=O)c1ccc(CN=C(NCC)NC2CCN(c3cccs3)CC2)cc1.I. The molecule has 176 valence electrons. The van der Waals surface area contributed by atoms with Crippen molar-refractivity contribution >= 4 is 52.2 Å². The molecule has 2 aromatic rings. The highest BCUT2D eigenvalue weighted by Crippen LogP contribution is 2.24. The highest BCUT2D eigenvalue weighted by atomic mass is 127. The number of hydrogen-bond donors (Lipinski definition) is 3. The van der Waals surface area contributed by atoms with Gasteiger partial charge in [-0.3, -0.25) is 4.79 Å². The Hall–Kier alpha value is -1.81. The Morgan fingerprint density at radius 2 is 1.88 bits per heavy atom. The fourth-order valence-corrected chi connectivity index (χ4v) is 4.41. The van der Waals surface area contributed by atoms with Gasteiger partial charge in [-0.2, -0.15) is 0 Å². The summed E-state index contributed by atoms with van der Waals surface area (Å²) in [6.45, 7) is 8.48. The van der Waals surface area contributed by atoms with Crippen LogP contribution in [-0.4, -0.2) is 44.1 Å². The maximum absolute atomic E-state index is 12.1. The molecular weight excluding hydrogens is 533 g/mol. The molecule has 1 fully saturated rings. The van der Waals surface area contributed by atoms with E-state index >= 15 is 0 Å². The number of thiophene rings is 1. The summed E-state index contributed by atoms with van der Waals surface area (Å²) in [6, 6.07) is 12.5. The second-order valence-electron chi connectivity index (χ2n) is 7.86. The van der Waals surface area contributed by atoms with E-state index in [2.05, 4.69) is 52.2 Å². The Bertz CT molecular complexity index is 817. The van der Waals surface area contributed by atoms with E-state index in [0.29, 0.717) is 18.2 Å². The summed E-state index contributed by atoms with van der Waals surface area (Å²) in [5, 5.41) is 13.4. The van der Waals surface area contributed by atoms with Crippen molar-refractivity contribution in [2.75, 3.05) is 31.1 Å². The number of amides is 1. The molecular formula is C24H36IN5OS. The molecule has 3 rings (SSSR count). The summed E-state index contributed by atoms with van der Waals surface area (Å²) < 4.78 is 0. The highest BCUT2D eigenvalue weighted by Gasteiger charge is 2.20. The lowest BCUT2D eigenvalue weighted by atomic mass is 10.1. The molecule has 3 N–H and O–H groups in total. The molecule has 1 amide bonds. The summed E-state index contributed by atoms with van der Waals surface area (Å²) in [6.07, 6.45) is 4.28. The molecule has 6 nitrogen and oxygen atoms in total. The van der Waals surface area contributed by atoms with Gasteiger partial charge in [-0.15, -0.1) is 35.3 Å². The average molecular weight is 570 g/mol. The van der Waals surface area contributed by atoms with Gasteiger partial charge >= 0.3 is 0 Å². The molecule has 1 saturated heterocycles. The van der Waals surface area contributed by atoms with Gasteiger partial charge in [0.2, 0.25) is 0 Å². The van der Waals surface area contributed by atoms with Crippen LogP contribution in [0.2, 0.25) is 0 Å². The van der Waals surface area contributed by atoms with Crippen LogP contribution in [0.4, 0.5) is 5.00 Å². The average Bonchev–Trinajstić information content (AvgIpc) is 3.33. The Morgan fingerprint density at radius 1 is 1.12 bits per heavy atom. The Labute approximate surface area is 213 Å². The van der Waals surface area contributed by atoms with Gasteiger partial charge in [-0.1, -0.05) is 25.5 Å². The van der Waals surface area contributed by atoms with Crippen LogP contribution in [0.25, 0.3) is 0 Å². The number of anilines is 1. The van der Waals surface area contributed by atoms with E-state index in [1.807, 2.05) is 35.6 Å². The molecule has 1 aromatic heterocycles. The largest absolute Gasteiger partial charge is 0.363 e. The minimum absolute atomic E-state index is 0. The van der Waals surface area contributed by atoms with Gasteiger partial charge in [0.05, 0.1) is 11.5 Å². The minimum atomic E-state index is -0.00704. The molecule has 1 aromatic carbocycles. The molecule has 0 saturated carbocycles. The highest BCUT2D eigenvalue weighted by molar-refractivity contribution is 14.0. The first-order valence-electron chi connectivity index (χ1n) is 11.4. The second-order valence-corrected chi connectivity index (χ2v) is 8.78. The number of guanidine groups is 1. The van der Waals surface area contributed by atoms with E-state index < -0.39 is 0 Å². The van der Waals surface area contributed by atoms with Crippen LogP contribution in [-0.2, 0) is 6.54 Å². The number of carbonyl (C=O) groups is 1. The van der Waals surface area contributed by atoms with Crippen molar-refractivity contribution in [1.29, 1.82) is 0 Å². The standard InChI is InChI=1S/C24H35N5OS.HI/c1-3-5-14-26-23(30)20-10-8-19(9-11-20)18-27-24(25-4-2)28-21-12-15-29(16-13-21)22-7-6-17-31-22;/h6-11,17,21H,3-5,12-16,18H2,1-2H3,(H,26,30)(H2,25,27,28);1H.